The van der Waals surface area contributed by atoms with Gasteiger partial charge in [-0.2, -0.15) is 0 Å². The molecule has 1 fully saturated rings. The van der Waals surface area contributed by atoms with Gasteiger partial charge in [-0.3, -0.25) is 14.6 Å². The quantitative estimate of drug-likeness (QED) is 0.304. The Kier molecular flexibility index (Phi) is 8.90. The van der Waals surface area contributed by atoms with Crippen molar-refractivity contribution in [2.24, 2.45) is 0 Å². The molecule has 0 spiro atoms. The number of rotatable bonds is 9. The van der Waals surface area contributed by atoms with Gasteiger partial charge in [0.05, 0.1) is 30.0 Å². The number of carbonyl (C=O) groups excluding carboxylic acids is 3. The largest absolute Gasteiger partial charge is 0.445 e. The number of piperazine rings is 1. The molecule has 1 N–H and O–H groups in total. The fraction of sp³-hybridized carbons (Fsp3) is 0.233. The van der Waals surface area contributed by atoms with Crippen LogP contribution in [0, 0.1) is 0 Å². The molecule has 0 aliphatic carbocycles. The zero-order valence-electron chi connectivity index (χ0n) is 22.3. The Morgan fingerprint density at radius 1 is 0.927 bits per heavy atom. The molecular formula is C30H29ClN6O4. The van der Waals surface area contributed by atoms with E-state index in [2.05, 4.69) is 15.3 Å². The van der Waals surface area contributed by atoms with E-state index >= 15 is 0 Å². The van der Waals surface area contributed by atoms with E-state index in [1.807, 2.05) is 59.2 Å². The average Bonchev–Trinajstić information content (AvgIpc) is 3.43. The number of amides is 3. The van der Waals surface area contributed by atoms with Gasteiger partial charge < -0.3 is 24.4 Å². The SMILES string of the molecule is O=CNCc1cc(-c2c(-c3ccc(Cl)cc3)ncn2CC(=O)N2CCN(C(=O)OCc3ccccc3)CC2)ccn1. The minimum atomic E-state index is -0.386. The van der Waals surface area contributed by atoms with Crippen LogP contribution < -0.4 is 5.32 Å². The van der Waals surface area contributed by atoms with Gasteiger partial charge in [0.2, 0.25) is 12.3 Å². The second-order valence-corrected chi connectivity index (χ2v) is 9.96. The second kappa shape index (κ2) is 13.1. The lowest BCUT2D eigenvalue weighted by atomic mass is 10.0. The molecule has 2 aromatic heterocycles. The van der Waals surface area contributed by atoms with Crippen LogP contribution in [0.5, 0.6) is 0 Å². The fourth-order valence-electron chi connectivity index (χ4n) is 4.69. The summed E-state index contributed by atoms with van der Waals surface area (Å²) in [4.78, 5) is 49.1. The molecule has 1 saturated heterocycles. The predicted molar refractivity (Wildman–Crippen MR) is 154 cm³/mol. The zero-order valence-corrected chi connectivity index (χ0v) is 23.0. The predicted octanol–water partition coefficient (Wildman–Crippen LogP) is 3.99. The van der Waals surface area contributed by atoms with Crippen LogP contribution in [0.3, 0.4) is 0 Å². The first-order valence-electron chi connectivity index (χ1n) is 13.2. The molecule has 0 bridgehead atoms. The molecule has 3 heterocycles. The van der Waals surface area contributed by atoms with Crippen LogP contribution in [-0.2, 0) is 34.0 Å². The second-order valence-electron chi connectivity index (χ2n) is 9.52. The van der Waals surface area contributed by atoms with Crippen LogP contribution in [0.25, 0.3) is 22.5 Å². The van der Waals surface area contributed by atoms with Gasteiger partial charge >= 0.3 is 6.09 Å². The number of carbonyl (C=O) groups is 3. The summed E-state index contributed by atoms with van der Waals surface area (Å²) in [6.45, 7) is 2.15. The Morgan fingerprint density at radius 2 is 1.66 bits per heavy atom. The number of hydrogen-bond acceptors (Lipinski definition) is 6. The first-order valence-corrected chi connectivity index (χ1v) is 13.6. The number of nitrogens with zero attached hydrogens (tertiary/aromatic N) is 5. The molecule has 10 nitrogen and oxygen atoms in total. The lowest BCUT2D eigenvalue weighted by Crippen LogP contribution is -2.51. The minimum absolute atomic E-state index is 0.0681. The topological polar surface area (TPSA) is 110 Å². The van der Waals surface area contributed by atoms with E-state index in [-0.39, 0.29) is 31.7 Å². The summed E-state index contributed by atoms with van der Waals surface area (Å²) < 4.78 is 7.26. The molecular weight excluding hydrogens is 544 g/mol. The van der Waals surface area contributed by atoms with Crippen LogP contribution in [0.1, 0.15) is 11.3 Å². The minimum Gasteiger partial charge on any atom is -0.445 e. The molecule has 5 rings (SSSR count). The van der Waals surface area contributed by atoms with Crippen molar-refractivity contribution in [2.75, 3.05) is 26.2 Å². The lowest BCUT2D eigenvalue weighted by Gasteiger charge is -2.34. The molecule has 2 aromatic carbocycles. The number of benzene rings is 2. The molecule has 0 unspecified atom stereocenters. The highest BCUT2D eigenvalue weighted by Gasteiger charge is 2.26. The Labute approximate surface area is 242 Å². The smallest absolute Gasteiger partial charge is 0.410 e. The van der Waals surface area contributed by atoms with Crippen LogP contribution in [0.15, 0.2) is 79.3 Å². The van der Waals surface area contributed by atoms with Crippen molar-refractivity contribution in [3.05, 3.63) is 95.5 Å². The maximum atomic E-state index is 13.4. The van der Waals surface area contributed by atoms with Crippen molar-refractivity contribution in [1.82, 2.24) is 29.7 Å². The van der Waals surface area contributed by atoms with E-state index in [0.717, 1.165) is 22.4 Å². The van der Waals surface area contributed by atoms with Crippen LogP contribution >= 0.6 is 11.6 Å². The van der Waals surface area contributed by atoms with Crippen molar-refractivity contribution < 1.29 is 19.1 Å². The Bertz CT molecular complexity index is 1500. The monoisotopic (exact) mass is 572 g/mol. The number of imidazole rings is 1. The van der Waals surface area contributed by atoms with Crippen molar-refractivity contribution >= 4 is 30.0 Å². The van der Waals surface area contributed by atoms with E-state index in [0.29, 0.717) is 49.0 Å². The van der Waals surface area contributed by atoms with Gasteiger partial charge in [-0.05, 0) is 29.8 Å². The summed E-state index contributed by atoms with van der Waals surface area (Å²) in [7, 11) is 0. The van der Waals surface area contributed by atoms with Crippen LogP contribution in [0.4, 0.5) is 4.79 Å². The number of halogens is 1. The summed E-state index contributed by atoms with van der Waals surface area (Å²) in [6.07, 6.45) is 3.55. The summed E-state index contributed by atoms with van der Waals surface area (Å²) in [6, 6.07) is 20.6. The highest BCUT2D eigenvalue weighted by Crippen LogP contribution is 2.32. The fourth-order valence-corrected chi connectivity index (χ4v) is 4.81. The van der Waals surface area contributed by atoms with Gasteiger partial charge in [0.25, 0.3) is 0 Å². The summed E-state index contributed by atoms with van der Waals surface area (Å²) in [5.74, 6) is -0.0829. The molecule has 0 radical (unpaired) electrons. The van der Waals surface area contributed by atoms with Crippen molar-refractivity contribution in [2.45, 2.75) is 19.7 Å². The third-order valence-electron chi connectivity index (χ3n) is 6.81. The number of nitrogens with one attached hydrogen (secondary N) is 1. The van der Waals surface area contributed by atoms with E-state index < -0.39 is 0 Å². The summed E-state index contributed by atoms with van der Waals surface area (Å²) in [5, 5.41) is 3.24. The van der Waals surface area contributed by atoms with E-state index in [1.54, 1.807) is 34.5 Å². The molecule has 210 valence electrons. The third-order valence-corrected chi connectivity index (χ3v) is 7.07. The van der Waals surface area contributed by atoms with Gasteiger partial charge in [-0.25, -0.2) is 9.78 Å². The lowest BCUT2D eigenvalue weighted by molar-refractivity contribution is -0.133. The van der Waals surface area contributed by atoms with Gasteiger partial charge in [-0.1, -0.05) is 54.1 Å². The Hall–Kier alpha value is -4.70. The van der Waals surface area contributed by atoms with Crippen molar-refractivity contribution in [3.63, 3.8) is 0 Å². The maximum absolute atomic E-state index is 13.4. The molecule has 1 aliphatic rings. The first kappa shape index (κ1) is 27.9. The number of aromatic nitrogens is 3. The van der Waals surface area contributed by atoms with Gasteiger partial charge in [0, 0.05) is 48.5 Å². The molecule has 4 aromatic rings. The van der Waals surface area contributed by atoms with E-state index in [9.17, 15) is 14.4 Å². The highest BCUT2D eigenvalue weighted by molar-refractivity contribution is 6.30. The Morgan fingerprint density at radius 3 is 2.39 bits per heavy atom. The zero-order chi connectivity index (χ0) is 28.6. The van der Waals surface area contributed by atoms with Gasteiger partial charge in [-0.15, -0.1) is 0 Å². The molecule has 41 heavy (non-hydrogen) atoms. The molecule has 0 atom stereocenters. The highest BCUT2D eigenvalue weighted by atomic mass is 35.5. The summed E-state index contributed by atoms with van der Waals surface area (Å²) in [5.41, 5.74) is 4.70. The average molecular weight is 573 g/mol. The van der Waals surface area contributed by atoms with E-state index in [4.69, 9.17) is 16.3 Å². The maximum Gasteiger partial charge on any atom is 0.410 e. The molecule has 11 heteroatoms. The standard InChI is InChI=1S/C30H29ClN6O4/c31-25-8-6-23(7-9-25)28-29(24-10-11-33-26(16-24)17-32-21-38)37(20-34-28)18-27(39)35-12-14-36(15-13-35)30(40)41-19-22-4-2-1-3-5-22/h1-11,16,20-21H,12-15,17-19H2,(H,32,38). The first-order chi connectivity index (χ1) is 20.0. The van der Waals surface area contributed by atoms with E-state index in [1.165, 1.54) is 0 Å². The molecule has 3 amide bonds. The normalized spacial score (nSPS) is 13.1. The third kappa shape index (κ3) is 6.90. The number of pyridine rings is 1. The van der Waals surface area contributed by atoms with Gasteiger partial charge in [0.15, 0.2) is 0 Å². The Balaban J connectivity index is 1.29. The molecule has 0 saturated carbocycles. The van der Waals surface area contributed by atoms with Crippen LogP contribution in [0.2, 0.25) is 5.02 Å². The summed E-state index contributed by atoms with van der Waals surface area (Å²) >= 11 is 6.11. The van der Waals surface area contributed by atoms with Gasteiger partial charge in [0.1, 0.15) is 13.2 Å². The number of ether oxygens (including phenoxy) is 1. The number of hydrogen-bond donors (Lipinski definition) is 1. The van der Waals surface area contributed by atoms with Crippen molar-refractivity contribution in [1.29, 1.82) is 0 Å². The van der Waals surface area contributed by atoms with Crippen LogP contribution in [-0.4, -0.2) is 68.9 Å². The molecule has 1 aliphatic heterocycles. The van der Waals surface area contributed by atoms with Crippen molar-refractivity contribution in [3.8, 4) is 22.5 Å².